The third-order valence-electron chi connectivity index (χ3n) is 3.36. The molecule has 3 rings (SSSR count). The number of hydrogen-bond acceptors (Lipinski definition) is 4. The standard InChI is InChI=1S/C13H10F3N5O/c1-7(11-17-5-19-20-11)21-6-18-9-4-2-3-8(13(14,15)16)10(9)12(21)22/h2-7H,1H3,(H,17,19,20)/t7-/m1/s1. The van der Waals surface area contributed by atoms with Gasteiger partial charge in [0, 0.05) is 0 Å². The topological polar surface area (TPSA) is 76.5 Å². The van der Waals surface area contributed by atoms with Gasteiger partial charge in [0.1, 0.15) is 12.2 Å². The molecule has 114 valence electrons. The Balaban J connectivity index is 2.27. The number of nitrogens with zero attached hydrogens (tertiary/aromatic N) is 4. The Morgan fingerprint density at radius 3 is 2.68 bits per heavy atom. The Labute approximate surface area is 121 Å². The van der Waals surface area contributed by atoms with Crippen molar-refractivity contribution in [3.63, 3.8) is 0 Å². The van der Waals surface area contributed by atoms with Gasteiger partial charge in [0.15, 0.2) is 0 Å². The van der Waals surface area contributed by atoms with Crippen molar-refractivity contribution in [1.82, 2.24) is 24.7 Å². The van der Waals surface area contributed by atoms with Crippen LogP contribution in [0.2, 0.25) is 0 Å². The fraction of sp³-hybridized carbons (Fsp3) is 0.231. The van der Waals surface area contributed by atoms with Crippen LogP contribution in [-0.4, -0.2) is 24.7 Å². The van der Waals surface area contributed by atoms with E-state index in [0.717, 1.165) is 10.6 Å². The first-order valence-electron chi connectivity index (χ1n) is 6.32. The predicted molar refractivity (Wildman–Crippen MR) is 71.2 cm³/mol. The summed E-state index contributed by atoms with van der Waals surface area (Å²) in [7, 11) is 0. The lowest BCUT2D eigenvalue weighted by Gasteiger charge is -2.15. The zero-order chi connectivity index (χ0) is 15.9. The molecule has 0 radical (unpaired) electrons. The molecule has 22 heavy (non-hydrogen) atoms. The van der Waals surface area contributed by atoms with Crippen molar-refractivity contribution in [2.45, 2.75) is 19.1 Å². The highest BCUT2D eigenvalue weighted by Gasteiger charge is 2.34. The molecule has 0 amide bonds. The minimum atomic E-state index is -4.63. The molecule has 3 aromatic rings. The highest BCUT2D eigenvalue weighted by molar-refractivity contribution is 5.81. The fourth-order valence-electron chi connectivity index (χ4n) is 2.24. The zero-order valence-electron chi connectivity index (χ0n) is 11.3. The normalized spacial score (nSPS) is 13.5. The summed E-state index contributed by atoms with van der Waals surface area (Å²) in [5, 5.41) is 5.80. The van der Waals surface area contributed by atoms with Crippen LogP contribution in [-0.2, 0) is 6.18 Å². The van der Waals surface area contributed by atoms with Crippen LogP contribution in [0.1, 0.15) is 24.4 Å². The van der Waals surface area contributed by atoms with E-state index in [9.17, 15) is 18.0 Å². The molecule has 1 aromatic carbocycles. The molecule has 0 aliphatic rings. The molecular formula is C13H10F3N5O. The van der Waals surface area contributed by atoms with Crippen LogP contribution in [0.3, 0.4) is 0 Å². The number of nitrogens with one attached hydrogen (secondary N) is 1. The summed E-state index contributed by atoms with van der Waals surface area (Å²) >= 11 is 0. The van der Waals surface area contributed by atoms with Gasteiger partial charge in [0.2, 0.25) is 0 Å². The molecular weight excluding hydrogens is 299 g/mol. The van der Waals surface area contributed by atoms with Crippen molar-refractivity contribution in [2.24, 2.45) is 0 Å². The molecule has 0 fully saturated rings. The molecule has 0 bridgehead atoms. The fourth-order valence-corrected chi connectivity index (χ4v) is 2.24. The summed E-state index contributed by atoms with van der Waals surface area (Å²) < 4.78 is 40.4. The molecule has 2 aromatic heterocycles. The third kappa shape index (κ3) is 2.24. The van der Waals surface area contributed by atoms with Crippen LogP contribution >= 0.6 is 0 Å². The number of aromatic nitrogens is 5. The number of H-pyrrole nitrogens is 1. The second kappa shape index (κ2) is 4.93. The van der Waals surface area contributed by atoms with Crippen molar-refractivity contribution in [2.75, 3.05) is 0 Å². The van der Waals surface area contributed by atoms with E-state index in [0.29, 0.717) is 5.82 Å². The van der Waals surface area contributed by atoms with Gasteiger partial charge in [-0.2, -0.15) is 18.3 Å². The van der Waals surface area contributed by atoms with E-state index in [-0.39, 0.29) is 5.52 Å². The van der Waals surface area contributed by atoms with Crippen LogP contribution in [0.25, 0.3) is 10.9 Å². The molecule has 1 N–H and O–H groups in total. The number of alkyl halides is 3. The molecule has 0 spiro atoms. The summed E-state index contributed by atoms with van der Waals surface area (Å²) in [5.41, 5.74) is -1.77. The van der Waals surface area contributed by atoms with Crippen molar-refractivity contribution < 1.29 is 13.2 Å². The maximum absolute atomic E-state index is 13.1. The monoisotopic (exact) mass is 309 g/mol. The van der Waals surface area contributed by atoms with Gasteiger partial charge in [-0.25, -0.2) is 9.97 Å². The van der Waals surface area contributed by atoms with Crippen molar-refractivity contribution in [3.8, 4) is 0 Å². The second-order valence-electron chi connectivity index (χ2n) is 4.70. The van der Waals surface area contributed by atoms with Crippen LogP contribution in [0.15, 0.2) is 35.6 Å². The third-order valence-corrected chi connectivity index (χ3v) is 3.36. The Bertz CT molecular complexity index is 870. The number of aromatic amines is 1. The quantitative estimate of drug-likeness (QED) is 0.787. The summed E-state index contributed by atoms with van der Waals surface area (Å²) in [5.74, 6) is 0.354. The SMILES string of the molecule is C[C@H](c1ncn[nH]1)n1cnc2cccc(C(F)(F)F)c2c1=O. The predicted octanol–water partition coefficient (Wildman–Crippen LogP) is 2.14. The lowest BCUT2D eigenvalue weighted by Crippen LogP contribution is -2.27. The molecule has 0 aliphatic carbocycles. The maximum atomic E-state index is 13.1. The van der Waals surface area contributed by atoms with Crippen LogP contribution < -0.4 is 5.56 Å². The minimum Gasteiger partial charge on any atom is -0.288 e. The molecule has 0 unspecified atom stereocenters. The maximum Gasteiger partial charge on any atom is 0.417 e. The first kappa shape index (κ1) is 14.2. The summed E-state index contributed by atoms with van der Waals surface area (Å²) in [4.78, 5) is 20.3. The Kier molecular flexibility index (Phi) is 3.19. The number of halogens is 3. The first-order valence-corrected chi connectivity index (χ1v) is 6.32. The van der Waals surface area contributed by atoms with E-state index in [4.69, 9.17) is 0 Å². The molecule has 0 aliphatic heterocycles. The highest BCUT2D eigenvalue weighted by Crippen LogP contribution is 2.32. The first-order chi connectivity index (χ1) is 10.4. The largest absolute Gasteiger partial charge is 0.417 e. The van der Waals surface area contributed by atoms with E-state index >= 15 is 0 Å². The van der Waals surface area contributed by atoms with Gasteiger partial charge in [-0.15, -0.1) is 0 Å². The van der Waals surface area contributed by atoms with E-state index in [2.05, 4.69) is 20.2 Å². The van der Waals surface area contributed by atoms with E-state index in [1.807, 2.05) is 0 Å². The van der Waals surface area contributed by atoms with Gasteiger partial charge in [-0.05, 0) is 19.1 Å². The van der Waals surface area contributed by atoms with Gasteiger partial charge < -0.3 is 0 Å². The van der Waals surface area contributed by atoms with Crippen LogP contribution in [0, 0.1) is 0 Å². The van der Waals surface area contributed by atoms with Crippen molar-refractivity contribution in [1.29, 1.82) is 0 Å². The summed E-state index contributed by atoms with van der Waals surface area (Å²) in [6, 6.07) is 2.85. The van der Waals surface area contributed by atoms with E-state index in [1.54, 1.807) is 6.92 Å². The number of benzene rings is 1. The lowest BCUT2D eigenvalue weighted by atomic mass is 10.1. The molecule has 2 heterocycles. The number of fused-ring (bicyclic) bond motifs is 1. The number of rotatable bonds is 2. The Morgan fingerprint density at radius 1 is 1.27 bits per heavy atom. The summed E-state index contributed by atoms with van der Waals surface area (Å²) in [6.45, 7) is 1.62. The van der Waals surface area contributed by atoms with Crippen LogP contribution in [0.5, 0.6) is 0 Å². The number of hydrogen-bond donors (Lipinski definition) is 1. The second-order valence-corrected chi connectivity index (χ2v) is 4.70. The minimum absolute atomic E-state index is 0.000782. The Hall–Kier alpha value is -2.71. The van der Waals surface area contributed by atoms with Gasteiger partial charge in [-0.1, -0.05) is 6.07 Å². The van der Waals surface area contributed by atoms with Gasteiger partial charge in [0.25, 0.3) is 5.56 Å². The van der Waals surface area contributed by atoms with Gasteiger partial charge >= 0.3 is 6.18 Å². The Morgan fingerprint density at radius 2 is 2.05 bits per heavy atom. The average molecular weight is 309 g/mol. The van der Waals surface area contributed by atoms with Crippen molar-refractivity contribution >= 4 is 10.9 Å². The smallest absolute Gasteiger partial charge is 0.288 e. The molecule has 0 saturated carbocycles. The van der Waals surface area contributed by atoms with Gasteiger partial charge in [-0.3, -0.25) is 14.5 Å². The molecule has 6 nitrogen and oxygen atoms in total. The zero-order valence-corrected chi connectivity index (χ0v) is 11.3. The average Bonchev–Trinajstić information content (AvgIpc) is 3.00. The van der Waals surface area contributed by atoms with E-state index < -0.39 is 28.7 Å². The molecule has 1 atom stereocenters. The molecule has 9 heteroatoms. The van der Waals surface area contributed by atoms with Gasteiger partial charge in [0.05, 0.1) is 28.8 Å². The van der Waals surface area contributed by atoms with E-state index in [1.165, 1.54) is 24.8 Å². The summed E-state index contributed by atoms with van der Waals surface area (Å²) in [6.07, 6.45) is -2.17. The lowest BCUT2D eigenvalue weighted by molar-refractivity contribution is -0.136. The molecule has 0 saturated heterocycles. The van der Waals surface area contributed by atoms with Crippen molar-refractivity contribution in [3.05, 3.63) is 52.6 Å². The highest BCUT2D eigenvalue weighted by atomic mass is 19.4. The van der Waals surface area contributed by atoms with Crippen LogP contribution in [0.4, 0.5) is 13.2 Å².